The molecule has 1 aliphatic heterocycles. The normalized spacial score (nSPS) is 19.4. The first-order chi connectivity index (χ1) is 11.6. The molecule has 0 spiro atoms. The number of carbonyl (C=O) groups is 2. The quantitative estimate of drug-likeness (QED) is 0.838. The van der Waals surface area contributed by atoms with Gasteiger partial charge in [-0.05, 0) is 55.5 Å². The molecule has 0 radical (unpaired) electrons. The number of benzene rings is 1. The molecule has 0 atom stereocenters. The van der Waals surface area contributed by atoms with Crippen LogP contribution in [0, 0.1) is 5.41 Å². The second kappa shape index (κ2) is 8.68. The summed E-state index contributed by atoms with van der Waals surface area (Å²) in [7, 11) is 0. The Morgan fingerprint density at radius 1 is 1.12 bits per heavy atom. The number of anilines is 2. The van der Waals surface area contributed by atoms with E-state index in [2.05, 4.69) is 5.32 Å². The summed E-state index contributed by atoms with van der Waals surface area (Å²) in [5, 5.41) is 2.98. The third-order valence-electron chi connectivity index (χ3n) is 5.42. The average molecular weight is 366 g/mol. The summed E-state index contributed by atoms with van der Waals surface area (Å²) in [5.41, 5.74) is 7.62. The molecule has 1 aromatic carbocycles. The lowest BCUT2D eigenvalue weighted by Gasteiger charge is -2.35. The molecule has 25 heavy (non-hydrogen) atoms. The Balaban J connectivity index is 0.00000225. The molecule has 2 fully saturated rings. The van der Waals surface area contributed by atoms with Gasteiger partial charge in [0.25, 0.3) is 0 Å². The first-order valence-electron chi connectivity index (χ1n) is 9.02. The Morgan fingerprint density at radius 2 is 1.80 bits per heavy atom. The van der Waals surface area contributed by atoms with Crippen molar-refractivity contribution in [2.24, 2.45) is 11.1 Å². The van der Waals surface area contributed by atoms with E-state index in [1.807, 2.05) is 24.3 Å². The van der Waals surface area contributed by atoms with Crippen molar-refractivity contribution >= 4 is 35.6 Å². The first kappa shape index (κ1) is 19.7. The SMILES string of the molecule is Cl.NCC1(CC(=O)Nc2ccc(N3CCCC3=O)cc2)CCCCC1. The zero-order chi connectivity index (χ0) is 17.0. The summed E-state index contributed by atoms with van der Waals surface area (Å²) in [5.74, 6) is 0.210. The van der Waals surface area contributed by atoms with Gasteiger partial charge < -0.3 is 16.0 Å². The summed E-state index contributed by atoms with van der Waals surface area (Å²) in [6, 6.07) is 7.54. The number of nitrogens with one attached hydrogen (secondary N) is 1. The molecule has 0 bridgehead atoms. The molecule has 6 heteroatoms. The molecule has 2 amide bonds. The van der Waals surface area contributed by atoms with Crippen LogP contribution in [0.2, 0.25) is 0 Å². The van der Waals surface area contributed by atoms with Gasteiger partial charge in [-0.1, -0.05) is 19.3 Å². The lowest BCUT2D eigenvalue weighted by molar-refractivity contribution is -0.119. The highest BCUT2D eigenvalue weighted by Crippen LogP contribution is 2.38. The highest BCUT2D eigenvalue weighted by Gasteiger charge is 2.33. The van der Waals surface area contributed by atoms with E-state index in [0.717, 1.165) is 37.2 Å². The lowest BCUT2D eigenvalue weighted by Crippen LogP contribution is -2.36. The third kappa shape index (κ3) is 4.73. The number of nitrogens with two attached hydrogens (primary N) is 1. The molecule has 1 saturated carbocycles. The zero-order valence-electron chi connectivity index (χ0n) is 14.6. The number of halogens is 1. The lowest BCUT2D eigenvalue weighted by atomic mass is 9.71. The van der Waals surface area contributed by atoms with Crippen molar-refractivity contribution in [2.75, 3.05) is 23.3 Å². The van der Waals surface area contributed by atoms with Crippen LogP contribution in [0.4, 0.5) is 11.4 Å². The van der Waals surface area contributed by atoms with E-state index < -0.39 is 0 Å². The number of hydrogen-bond donors (Lipinski definition) is 2. The molecule has 0 unspecified atom stereocenters. The van der Waals surface area contributed by atoms with Crippen LogP contribution in [0.1, 0.15) is 51.4 Å². The Labute approximate surface area is 155 Å². The third-order valence-corrected chi connectivity index (χ3v) is 5.42. The van der Waals surface area contributed by atoms with Crippen molar-refractivity contribution in [1.29, 1.82) is 0 Å². The summed E-state index contributed by atoms with van der Waals surface area (Å²) in [6.45, 7) is 1.36. The van der Waals surface area contributed by atoms with Crippen LogP contribution in [-0.4, -0.2) is 24.9 Å². The van der Waals surface area contributed by atoms with Crippen LogP contribution in [0.15, 0.2) is 24.3 Å². The second-order valence-electron chi connectivity index (χ2n) is 7.19. The largest absolute Gasteiger partial charge is 0.330 e. The molecule has 5 nitrogen and oxygen atoms in total. The highest BCUT2D eigenvalue weighted by atomic mass is 35.5. The summed E-state index contributed by atoms with van der Waals surface area (Å²) in [4.78, 5) is 26.0. The van der Waals surface area contributed by atoms with Gasteiger partial charge in [-0.3, -0.25) is 9.59 Å². The zero-order valence-corrected chi connectivity index (χ0v) is 15.4. The maximum atomic E-state index is 12.4. The summed E-state index contributed by atoms with van der Waals surface area (Å²) < 4.78 is 0. The van der Waals surface area contributed by atoms with E-state index in [1.54, 1.807) is 4.90 Å². The average Bonchev–Trinajstić information content (AvgIpc) is 3.02. The van der Waals surface area contributed by atoms with E-state index in [4.69, 9.17) is 5.73 Å². The number of amides is 2. The Kier molecular flexibility index (Phi) is 6.85. The Morgan fingerprint density at radius 3 is 2.36 bits per heavy atom. The van der Waals surface area contributed by atoms with E-state index >= 15 is 0 Å². The fourth-order valence-corrected chi connectivity index (χ4v) is 3.95. The van der Waals surface area contributed by atoms with Gasteiger partial charge in [-0.25, -0.2) is 0 Å². The van der Waals surface area contributed by atoms with Crippen LogP contribution >= 0.6 is 12.4 Å². The molecule has 3 N–H and O–H groups in total. The van der Waals surface area contributed by atoms with Crippen LogP contribution < -0.4 is 16.0 Å². The van der Waals surface area contributed by atoms with Crippen LogP contribution in [0.3, 0.4) is 0 Å². The smallest absolute Gasteiger partial charge is 0.227 e. The van der Waals surface area contributed by atoms with Gasteiger partial charge in [0, 0.05) is 30.8 Å². The van der Waals surface area contributed by atoms with Gasteiger partial charge in [-0.15, -0.1) is 12.4 Å². The van der Waals surface area contributed by atoms with Crippen molar-refractivity contribution in [3.63, 3.8) is 0 Å². The minimum Gasteiger partial charge on any atom is -0.330 e. The van der Waals surface area contributed by atoms with Crippen molar-refractivity contribution in [2.45, 2.75) is 51.4 Å². The van der Waals surface area contributed by atoms with Gasteiger partial charge in [0.05, 0.1) is 0 Å². The van der Waals surface area contributed by atoms with Crippen molar-refractivity contribution in [1.82, 2.24) is 0 Å². The highest BCUT2D eigenvalue weighted by molar-refractivity contribution is 5.96. The molecule has 0 aromatic heterocycles. The molecule has 1 aliphatic carbocycles. The van der Waals surface area contributed by atoms with E-state index in [-0.39, 0.29) is 29.6 Å². The van der Waals surface area contributed by atoms with Crippen molar-refractivity contribution < 1.29 is 9.59 Å². The minimum atomic E-state index is -0.0236. The van der Waals surface area contributed by atoms with Gasteiger partial charge in [0.15, 0.2) is 0 Å². The van der Waals surface area contributed by atoms with Gasteiger partial charge in [0.1, 0.15) is 0 Å². The van der Waals surface area contributed by atoms with Gasteiger partial charge >= 0.3 is 0 Å². The predicted molar refractivity (Wildman–Crippen MR) is 103 cm³/mol. The number of rotatable bonds is 5. The Hall–Kier alpha value is -1.59. The van der Waals surface area contributed by atoms with Gasteiger partial charge in [-0.2, -0.15) is 0 Å². The standard InChI is InChI=1S/C19H27N3O2.ClH/c20-14-19(10-2-1-3-11-19)13-17(23)21-15-6-8-16(9-7-15)22-12-4-5-18(22)24;/h6-9H,1-5,10-14,20H2,(H,21,23);1H. The van der Waals surface area contributed by atoms with Crippen molar-refractivity contribution in [3.8, 4) is 0 Å². The Bertz CT molecular complexity index is 597. The fourth-order valence-electron chi connectivity index (χ4n) is 3.95. The molecule has 2 aliphatic rings. The van der Waals surface area contributed by atoms with Crippen molar-refractivity contribution in [3.05, 3.63) is 24.3 Å². The maximum absolute atomic E-state index is 12.4. The predicted octanol–water partition coefficient (Wildman–Crippen LogP) is 3.47. The molecular formula is C19H28ClN3O2. The first-order valence-corrected chi connectivity index (χ1v) is 9.02. The monoisotopic (exact) mass is 365 g/mol. The summed E-state index contributed by atoms with van der Waals surface area (Å²) in [6.07, 6.45) is 7.72. The summed E-state index contributed by atoms with van der Waals surface area (Å²) >= 11 is 0. The van der Waals surface area contributed by atoms with Crippen LogP contribution in [0.5, 0.6) is 0 Å². The van der Waals surface area contributed by atoms with E-state index in [9.17, 15) is 9.59 Å². The molecule has 1 aromatic rings. The molecule has 1 heterocycles. The number of nitrogens with zero attached hydrogens (tertiary/aromatic N) is 1. The van der Waals surface area contributed by atoms with Gasteiger partial charge in [0.2, 0.25) is 11.8 Å². The number of carbonyl (C=O) groups excluding carboxylic acids is 2. The topological polar surface area (TPSA) is 75.4 Å². The fraction of sp³-hybridized carbons (Fsp3) is 0.579. The number of hydrogen-bond acceptors (Lipinski definition) is 3. The minimum absolute atomic E-state index is 0. The molecule has 138 valence electrons. The van der Waals surface area contributed by atoms with Crippen LogP contribution in [0.25, 0.3) is 0 Å². The second-order valence-corrected chi connectivity index (χ2v) is 7.19. The molecule has 3 rings (SSSR count). The van der Waals surface area contributed by atoms with E-state index in [1.165, 1.54) is 19.3 Å². The molecular weight excluding hydrogens is 338 g/mol. The van der Waals surface area contributed by atoms with Crippen LogP contribution in [-0.2, 0) is 9.59 Å². The van der Waals surface area contributed by atoms with E-state index in [0.29, 0.717) is 19.4 Å². The maximum Gasteiger partial charge on any atom is 0.227 e. The molecule has 1 saturated heterocycles.